The number of aromatic nitrogens is 2. The number of hydrogen-bond donors (Lipinski definition) is 0. The summed E-state index contributed by atoms with van der Waals surface area (Å²) in [4.78, 5) is 17.9. The van der Waals surface area contributed by atoms with Crippen LogP contribution in [0.1, 0.15) is 36.7 Å². The fourth-order valence-electron chi connectivity index (χ4n) is 3.39. The average molecular weight is 604 g/mol. The number of fused-ring (bicyclic) bond motifs is 1. The van der Waals surface area contributed by atoms with Crippen LogP contribution in [0, 0.1) is 0 Å². The molecule has 0 saturated heterocycles. The van der Waals surface area contributed by atoms with Crippen molar-refractivity contribution in [3.05, 3.63) is 102 Å². The van der Waals surface area contributed by atoms with Crippen LogP contribution in [0.15, 0.2) is 79.5 Å². The summed E-state index contributed by atoms with van der Waals surface area (Å²) in [5.41, 5.74) is 2.26. The molecule has 174 valence electrons. The van der Waals surface area contributed by atoms with Crippen molar-refractivity contribution in [3.63, 3.8) is 0 Å². The van der Waals surface area contributed by atoms with Crippen LogP contribution in [-0.2, 0) is 13.0 Å². The molecule has 0 saturated carbocycles. The third-order valence-electron chi connectivity index (χ3n) is 5.22. The first-order valence-electron chi connectivity index (χ1n) is 10.9. The fourth-order valence-corrected chi connectivity index (χ4v) is 4.26. The van der Waals surface area contributed by atoms with Crippen LogP contribution in [-0.4, -0.2) is 15.9 Å². The van der Waals surface area contributed by atoms with Crippen molar-refractivity contribution in [1.82, 2.24) is 9.66 Å². The second kappa shape index (κ2) is 11.3. The van der Waals surface area contributed by atoms with Gasteiger partial charge >= 0.3 is 0 Å². The Hall–Kier alpha value is -2.48. The normalized spacial score (nSPS) is 11.4. The molecular weight excluding hydrogens is 582 g/mol. The summed E-state index contributed by atoms with van der Waals surface area (Å²) in [6, 6.07) is 18.8. The summed E-state index contributed by atoms with van der Waals surface area (Å²) in [5, 5.41) is 5.47. The maximum atomic E-state index is 13.2. The number of aryl methyl sites for hydroxylation is 1. The van der Waals surface area contributed by atoms with Crippen molar-refractivity contribution in [2.75, 3.05) is 0 Å². The Balaban J connectivity index is 1.59. The van der Waals surface area contributed by atoms with Crippen LogP contribution in [0.3, 0.4) is 0 Å². The summed E-state index contributed by atoms with van der Waals surface area (Å²) in [7, 11) is 0. The molecule has 3 aromatic carbocycles. The lowest BCUT2D eigenvalue weighted by Gasteiger charge is -2.10. The molecule has 0 radical (unpaired) electrons. The number of unbranched alkanes of at least 4 members (excludes halogenated alkanes) is 1. The second-order valence-electron chi connectivity index (χ2n) is 7.76. The van der Waals surface area contributed by atoms with Crippen molar-refractivity contribution >= 4 is 60.6 Å². The second-order valence-corrected chi connectivity index (χ2v) is 10.00. The van der Waals surface area contributed by atoms with E-state index in [9.17, 15) is 4.79 Å². The van der Waals surface area contributed by atoms with E-state index in [1.165, 1.54) is 4.68 Å². The molecule has 0 aliphatic heterocycles. The lowest BCUT2D eigenvalue weighted by Crippen LogP contribution is -2.22. The van der Waals surface area contributed by atoms with Crippen molar-refractivity contribution in [2.24, 2.45) is 5.10 Å². The molecule has 4 aromatic rings. The van der Waals surface area contributed by atoms with E-state index in [1.807, 2.05) is 42.5 Å². The van der Waals surface area contributed by atoms with Gasteiger partial charge in [0, 0.05) is 15.4 Å². The third kappa shape index (κ3) is 5.95. The molecule has 0 N–H and O–H groups in total. The molecule has 0 atom stereocenters. The maximum absolute atomic E-state index is 13.2. The fraction of sp³-hybridized carbons (Fsp3) is 0.192. The molecule has 34 heavy (non-hydrogen) atoms. The molecule has 0 aliphatic rings. The molecule has 1 aromatic heterocycles. The highest BCUT2D eigenvalue weighted by Crippen LogP contribution is 2.26. The number of benzene rings is 3. The highest BCUT2D eigenvalue weighted by atomic mass is 79.9. The SMILES string of the molecule is CCCCc1nc2ccc(Br)cc2c(=O)n1N=Cc1ccc(OCc2ccc(Br)cc2)c(Cl)c1. The van der Waals surface area contributed by atoms with Gasteiger partial charge in [-0.2, -0.15) is 9.78 Å². The zero-order valence-electron chi connectivity index (χ0n) is 18.5. The Bertz CT molecular complexity index is 1400. The molecule has 0 amide bonds. The quantitative estimate of drug-likeness (QED) is 0.198. The molecular formula is C26H22Br2ClN3O2. The zero-order chi connectivity index (χ0) is 24.1. The minimum absolute atomic E-state index is 0.200. The van der Waals surface area contributed by atoms with Gasteiger partial charge in [0.1, 0.15) is 18.2 Å². The van der Waals surface area contributed by atoms with E-state index in [0.717, 1.165) is 32.9 Å². The lowest BCUT2D eigenvalue weighted by molar-refractivity contribution is 0.306. The Kier molecular flexibility index (Phi) is 8.19. The van der Waals surface area contributed by atoms with Crippen molar-refractivity contribution < 1.29 is 4.74 Å². The van der Waals surface area contributed by atoms with E-state index < -0.39 is 0 Å². The van der Waals surface area contributed by atoms with E-state index in [1.54, 1.807) is 24.4 Å². The van der Waals surface area contributed by atoms with Crippen LogP contribution in [0.25, 0.3) is 10.9 Å². The minimum atomic E-state index is -0.200. The number of halogens is 3. The topological polar surface area (TPSA) is 56.5 Å². The van der Waals surface area contributed by atoms with E-state index in [4.69, 9.17) is 21.3 Å². The van der Waals surface area contributed by atoms with Gasteiger partial charge in [-0.05, 0) is 66.1 Å². The summed E-state index contributed by atoms with van der Waals surface area (Å²) in [5.74, 6) is 1.22. The van der Waals surface area contributed by atoms with E-state index in [0.29, 0.717) is 40.5 Å². The highest BCUT2D eigenvalue weighted by Gasteiger charge is 2.11. The van der Waals surface area contributed by atoms with E-state index in [2.05, 4.69) is 43.9 Å². The number of rotatable bonds is 8. The first-order chi connectivity index (χ1) is 16.4. The van der Waals surface area contributed by atoms with Gasteiger partial charge < -0.3 is 4.74 Å². The Morgan fingerprint density at radius 1 is 1.06 bits per heavy atom. The average Bonchev–Trinajstić information content (AvgIpc) is 2.83. The summed E-state index contributed by atoms with van der Waals surface area (Å²) < 4.78 is 9.08. The first-order valence-corrected chi connectivity index (χ1v) is 12.8. The van der Waals surface area contributed by atoms with Gasteiger partial charge in [-0.1, -0.05) is 68.9 Å². The molecule has 0 fully saturated rings. The van der Waals surface area contributed by atoms with Crippen LogP contribution in [0.5, 0.6) is 5.75 Å². The smallest absolute Gasteiger partial charge is 0.282 e. The first kappa shape index (κ1) is 24.6. The van der Waals surface area contributed by atoms with Gasteiger partial charge in [-0.3, -0.25) is 4.79 Å². The van der Waals surface area contributed by atoms with Gasteiger partial charge in [-0.25, -0.2) is 4.98 Å². The van der Waals surface area contributed by atoms with Crippen molar-refractivity contribution in [1.29, 1.82) is 0 Å². The van der Waals surface area contributed by atoms with Gasteiger partial charge in [-0.15, -0.1) is 0 Å². The van der Waals surface area contributed by atoms with Crippen LogP contribution in [0.4, 0.5) is 0 Å². The largest absolute Gasteiger partial charge is 0.487 e. The predicted octanol–water partition coefficient (Wildman–Crippen LogP) is 7.38. The minimum Gasteiger partial charge on any atom is -0.487 e. The van der Waals surface area contributed by atoms with Gasteiger partial charge in [0.25, 0.3) is 5.56 Å². The van der Waals surface area contributed by atoms with E-state index in [-0.39, 0.29) is 5.56 Å². The molecule has 0 unspecified atom stereocenters. The van der Waals surface area contributed by atoms with Crippen LogP contribution < -0.4 is 10.3 Å². The van der Waals surface area contributed by atoms with Crippen molar-refractivity contribution in [3.8, 4) is 5.75 Å². The molecule has 4 rings (SSSR count). The Morgan fingerprint density at radius 2 is 1.82 bits per heavy atom. The molecule has 0 spiro atoms. The predicted molar refractivity (Wildman–Crippen MR) is 145 cm³/mol. The monoisotopic (exact) mass is 601 g/mol. The molecule has 0 bridgehead atoms. The summed E-state index contributed by atoms with van der Waals surface area (Å²) >= 11 is 13.3. The standard InChI is InChI=1S/C26H22Br2ClN3O2/c1-2-3-4-25-31-23-11-10-20(28)14-21(23)26(33)32(25)30-15-18-7-12-24(22(29)13-18)34-16-17-5-8-19(27)9-6-17/h5-15H,2-4,16H2,1H3. The Morgan fingerprint density at radius 3 is 2.56 bits per heavy atom. The number of ether oxygens (including phenoxy) is 1. The van der Waals surface area contributed by atoms with Gasteiger partial charge in [0.2, 0.25) is 0 Å². The zero-order valence-corrected chi connectivity index (χ0v) is 22.4. The third-order valence-corrected chi connectivity index (χ3v) is 6.53. The highest BCUT2D eigenvalue weighted by molar-refractivity contribution is 9.10. The Labute approximate surface area is 219 Å². The van der Waals surface area contributed by atoms with Crippen LogP contribution >= 0.6 is 43.5 Å². The molecule has 0 aliphatic carbocycles. The maximum Gasteiger partial charge on any atom is 0.282 e. The van der Waals surface area contributed by atoms with Gasteiger partial charge in [0.15, 0.2) is 0 Å². The molecule has 5 nitrogen and oxygen atoms in total. The summed E-state index contributed by atoms with van der Waals surface area (Å²) in [6.07, 6.45) is 4.20. The lowest BCUT2D eigenvalue weighted by atomic mass is 10.2. The number of hydrogen-bond acceptors (Lipinski definition) is 4. The molecule has 8 heteroatoms. The summed E-state index contributed by atoms with van der Waals surface area (Å²) in [6.45, 7) is 2.52. The van der Waals surface area contributed by atoms with Crippen molar-refractivity contribution in [2.45, 2.75) is 32.8 Å². The van der Waals surface area contributed by atoms with Gasteiger partial charge in [0.05, 0.1) is 22.1 Å². The van der Waals surface area contributed by atoms with Crippen LogP contribution in [0.2, 0.25) is 5.02 Å². The van der Waals surface area contributed by atoms with E-state index >= 15 is 0 Å². The number of nitrogens with zero attached hydrogens (tertiary/aromatic N) is 3. The molecule has 1 heterocycles.